The first-order chi connectivity index (χ1) is 5.81. The molecule has 0 fully saturated rings. The Hall–Kier alpha value is -0.520. The molecule has 0 rings (SSSR count). The molecule has 0 amide bonds. The van der Waals surface area contributed by atoms with E-state index < -0.39 is 0 Å². The molecule has 0 spiro atoms. The summed E-state index contributed by atoms with van der Waals surface area (Å²) < 4.78 is 0. The van der Waals surface area contributed by atoms with Gasteiger partial charge in [-0.15, -0.1) is 0 Å². The zero-order chi connectivity index (χ0) is 9.23. The maximum Gasteiger partial charge on any atom is -0.0142 e. The smallest absolute Gasteiger partial charge is 0.0142 e. The number of rotatable bonds is 6. The Morgan fingerprint density at radius 3 is 2.50 bits per heavy atom. The maximum atomic E-state index is 2.31. The minimum atomic E-state index is 1.13. The fraction of sp³-hybridized carbons (Fsp3) is 0.667. The summed E-state index contributed by atoms with van der Waals surface area (Å²) in [6, 6.07) is 0. The molecule has 0 unspecified atom stereocenters. The molecule has 0 aliphatic heterocycles. The van der Waals surface area contributed by atoms with Crippen LogP contribution in [0.1, 0.15) is 52.9 Å². The van der Waals surface area contributed by atoms with Crippen LogP contribution in [0.4, 0.5) is 0 Å². The van der Waals surface area contributed by atoms with Gasteiger partial charge in [-0.05, 0) is 33.1 Å². The third-order valence-corrected chi connectivity index (χ3v) is 2.07. The van der Waals surface area contributed by atoms with Crippen LogP contribution in [0.15, 0.2) is 23.8 Å². The van der Waals surface area contributed by atoms with Gasteiger partial charge in [-0.25, -0.2) is 0 Å². The summed E-state index contributed by atoms with van der Waals surface area (Å²) in [6.45, 7) is 6.52. The Balaban J connectivity index is 3.25. The quantitative estimate of drug-likeness (QED) is 0.403. The largest absolute Gasteiger partial charge is 0.0884 e. The molecule has 0 heteroatoms. The molecule has 70 valence electrons. The lowest BCUT2D eigenvalue weighted by molar-refractivity contribution is 0.728. The summed E-state index contributed by atoms with van der Waals surface area (Å²) in [5.41, 5.74) is 1.46. The second kappa shape index (κ2) is 8.58. The standard InChI is InChI=1S/C12H22/c1-4-6-7-8-9-10-11-12(3)5-2/h5,9-10H,4,6-8,11H2,1-3H3/b10-9+,12-5+. The van der Waals surface area contributed by atoms with Crippen LogP contribution in [0, 0.1) is 0 Å². The van der Waals surface area contributed by atoms with Crippen LogP contribution in [0.2, 0.25) is 0 Å². The van der Waals surface area contributed by atoms with Gasteiger partial charge in [-0.1, -0.05) is 43.6 Å². The molecule has 0 aromatic heterocycles. The molecular formula is C12H22. The van der Waals surface area contributed by atoms with Gasteiger partial charge in [-0.3, -0.25) is 0 Å². The van der Waals surface area contributed by atoms with E-state index in [1.165, 1.54) is 31.3 Å². The van der Waals surface area contributed by atoms with E-state index in [9.17, 15) is 0 Å². The number of unbranched alkanes of at least 4 members (excludes halogenated alkanes) is 3. The monoisotopic (exact) mass is 166 g/mol. The van der Waals surface area contributed by atoms with Crippen LogP contribution in [-0.2, 0) is 0 Å². The third-order valence-electron chi connectivity index (χ3n) is 2.07. The number of hydrogen-bond donors (Lipinski definition) is 0. The van der Waals surface area contributed by atoms with Gasteiger partial charge >= 0.3 is 0 Å². The van der Waals surface area contributed by atoms with E-state index in [1.807, 2.05) is 0 Å². The number of allylic oxidation sites excluding steroid dienone is 4. The highest BCUT2D eigenvalue weighted by molar-refractivity contribution is 5.02. The Kier molecular flexibility index (Phi) is 8.20. The normalized spacial score (nSPS) is 12.8. The molecule has 0 aromatic rings. The van der Waals surface area contributed by atoms with Crippen molar-refractivity contribution in [1.82, 2.24) is 0 Å². The van der Waals surface area contributed by atoms with Gasteiger partial charge in [0.1, 0.15) is 0 Å². The van der Waals surface area contributed by atoms with Crippen LogP contribution in [0.25, 0.3) is 0 Å². The van der Waals surface area contributed by atoms with Crippen LogP contribution in [0.5, 0.6) is 0 Å². The van der Waals surface area contributed by atoms with E-state index in [0.717, 1.165) is 6.42 Å². The minimum absolute atomic E-state index is 1.13. The average Bonchev–Trinajstić information content (AvgIpc) is 2.10. The van der Waals surface area contributed by atoms with E-state index in [1.54, 1.807) is 0 Å². The van der Waals surface area contributed by atoms with Crippen molar-refractivity contribution < 1.29 is 0 Å². The summed E-state index contributed by atoms with van der Waals surface area (Å²) in [5.74, 6) is 0. The van der Waals surface area contributed by atoms with Crippen molar-refractivity contribution in [1.29, 1.82) is 0 Å². The molecule has 0 atom stereocenters. The summed E-state index contributed by atoms with van der Waals surface area (Å²) in [4.78, 5) is 0. The lowest BCUT2D eigenvalue weighted by atomic mass is 10.1. The van der Waals surface area contributed by atoms with Gasteiger partial charge in [0.15, 0.2) is 0 Å². The first-order valence-corrected chi connectivity index (χ1v) is 5.08. The Morgan fingerprint density at radius 1 is 1.17 bits per heavy atom. The lowest BCUT2D eigenvalue weighted by Crippen LogP contribution is -1.73. The molecule has 0 N–H and O–H groups in total. The van der Waals surface area contributed by atoms with Gasteiger partial charge in [0, 0.05) is 0 Å². The van der Waals surface area contributed by atoms with Gasteiger partial charge in [-0.2, -0.15) is 0 Å². The zero-order valence-electron chi connectivity index (χ0n) is 8.77. The topological polar surface area (TPSA) is 0 Å². The molecule has 12 heavy (non-hydrogen) atoms. The summed E-state index contributed by atoms with van der Waals surface area (Å²) in [5, 5.41) is 0. The van der Waals surface area contributed by atoms with Crippen molar-refractivity contribution >= 4 is 0 Å². The van der Waals surface area contributed by atoms with Gasteiger partial charge in [0.25, 0.3) is 0 Å². The fourth-order valence-corrected chi connectivity index (χ4v) is 1.02. The van der Waals surface area contributed by atoms with Crippen molar-refractivity contribution in [2.75, 3.05) is 0 Å². The van der Waals surface area contributed by atoms with Crippen LogP contribution in [-0.4, -0.2) is 0 Å². The second-order valence-corrected chi connectivity index (χ2v) is 3.31. The summed E-state index contributed by atoms with van der Waals surface area (Å²) in [7, 11) is 0. The Morgan fingerprint density at radius 2 is 1.92 bits per heavy atom. The van der Waals surface area contributed by atoms with E-state index in [4.69, 9.17) is 0 Å². The van der Waals surface area contributed by atoms with Crippen molar-refractivity contribution in [2.24, 2.45) is 0 Å². The molecule has 0 bridgehead atoms. The highest BCUT2D eigenvalue weighted by Crippen LogP contribution is 2.03. The first kappa shape index (κ1) is 11.5. The lowest BCUT2D eigenvalue weighted by Gasteiger charge is -1.93. The molecule has 0 saturated heterocycles. The van der Waals surface area contributed by atoms with Crippen LogP contribution in [0.3, 0.4) is 0 Å². The van der Waals surface area contributed by atoms with Crippen molar-refractivity contribution in [3.05, 3.63) is 23.8 Å². The predicted octanol–water partition coefficient (Wildman–Crippen LogP) is 4.48. The molecule has 0 aromatic carbocycles. The highest BCUT2D eigenvalue weighted by Gasteiger charge is 1.83. The molecule has 0 saturated carbocycles. The Labute approximate surface area is 77.4 Å². The van der Waals surface area contributed by atoms with Crippen molar-refractivity contribution in [3.8, 4) is 0 Å². The van der Waals surface area contributed by atoms with E-state index in [0.29, 0.717) is 0 Å². The molecule has 0 heterocycles. The highest BCUT2D eigenvalue weighted by atomic mass is 13.9. The van der Waals surface area contributed by atoms with E-state index >= 15 is 0 Å². The molecule has 0 aliphatic rings. The molecule has 0 radical (unpaired) electrons. The SMILES string of the molecule is C/C=C(\C)C/C=C/CCCCC. The third kappa shape index (κ3) is 7.59. The average molecular weight is 166 g/mol. The van der Waals surface area contributed by atoms with E-state index in [2.05, 4.69) is 39.0 Å². The van der Waals surface area contributed by atoms with Gasteiger partial charge in [0.2, 0.25) is 0 Å². The molecule has 0 nitrogen and oxygen atoms in total. The van der Waals surface area contributed by atoms with E-state index in [-0.39, 0.29) is 0 Å². The zero-order valence-corrected chi connectivity index (χ0v) is 8.77. The first-order valence-electron chi connectivity index (χ1n) is 5.08. The van der Waals surface area contributed by atoms with Gasteiger partial charge in [0.05, 0.1) is 0 Å². The second-order valence-electron chi connectivity index (χ2n) is 3.31. The van der Waals surface area contributed by atoms with Crippen molar-refractivity contribution in [3.63, 3.8) is 0 Å². The summed E-state index contributed by atoms with van der Waals surface area (Å²) >= 11 is 0. The van der Waals surface area contributed by atoms with Crippen LogP contribution < -0.4 is 0 Å². The maximum absolute atomic E-state index is 2.31. The van der Waals surface area contributed by atoms with Crippen LogP contribution >= 0.6 is 0 Å². The Bertz CT molecular complexity index is 140. The number of hydrogen-bond acceptors (Lipinski definition) is 0. The fourth-order valence-electron chi connectivity index (χ4n) is 1.02. The molecular weight excluding hydrogens is 144 g/mol. The van der Waals surface area contributed by atoms with Crippen molar-refractivity contribution in [2.45, 2.75) is 52.9 Å². The van der Waals surface area contributed by atoms with Gasteiger partial charge < -0.3 is 0 Å². The minimum Gasteiger partial charge on any atom is -0.0884 e. The molecule has 0 aliphatic carbocycles. The summed E-state index contributed by atoms with van der Waals surface area (Å²) in [6.07, 6.45) is 13.2. The predicted molar refractivity (Wildman–Crippen MR) is 57.3 cm³/mol.